The highest BCUT2D eigenvalue weighted by molar-refractivity contribution is 7.10. The van der Waals surface area contributed by atoms with E-state index >= 15 is 0 Å². The van der Waals surface area contributed by atoms with Gasteiger partial charge in [-0.15, -0.1) is 11.3 Å². The molecule has 1 unspecified atom stereocenters. The monoisotopic (exact) mass is 227 g/mol. The van der Waals surface area contributed by atoms with Gasteiger partial charge in [0.15, 0.2) is 0 Å². The minimum absolute atomic E-state index is 0.438. The Morgan fingerprint density at radius 1 is 1.47 bits per heavy atom. The van der Waals surface area contributed by atoms with Gasteiger partial charge in [-0.1, -0.05) is 6.92 Å². The topological polar surface area (TPSA) is 21.3 Å². The average Bonchev–Trinajstić information content (AvgIpc) is 2.65. The van der Waals surface area contributed by atoms with Crippen LogP contribution in [-0.4, -0.2) is 20.3 Å². The van der Waals surface area contributed by atoms with Crippen LogP contribution in [0.15, 0.2) is 11.4 Å². The second-order valence-electron chi connectivity index (χ2n) is 3.67. The number of ether oxygens (including phenoxy) is 1. The van der Waals surface area contributed by atoms with E-state index in [9.17, 15) is 0 Å². The molecule has 0 aliphatic carbocycles. The molecule has 1 atom stereocenters. The highest BCUT2D eigenvalue weighted by Gasteiger charge is 2.11. The third-order valence-corrected chi connectivity index (χ3v) is 3.38. The van der Waals surface area contributed by atoms with Crippen LogP contribution in [-0.2, 0) is 4.74 Å². The van der Waals surface area contributed by atoms with Gasteiger partial charge in [-0.2, -0.15) is 0 Å². The number of hydrogen-bond donors (Lipinski definition) is 1. The zero-order chi connectivity index (χ0) is 11.1. The molecule has 2 nitrogen and oxygen atoms in total. The molecule has 86 valence electrons. The quantitative estimate of drug-likeness (QED) is 0.723. The lowest BCUT2D eigenvalue weighted by Crippen LogP contribution is -2.18. The van der Waals surface area contributed by atoms with Crippen molar-refractivity contribution in [3.05, 3.63) is 21.9 Å². The Kier molecular flexibility index (Phi) is 5.91. The van der Waals surface area contributed by atoms with Crippen LogP contribution in [0.2, 0.25) is 0 Å². The number of hydrogen-bond acceptors (Lipinski definition) is 3. The number of nitrogens with one attached hydrogen (secondary N) is 1. The lowest BCUT2D eigenvalue weighted by atomic mass is 10.1. The van der Waals surface area contributed by atoms with Crippen molar-refractivity contribution < 1.29 is 4.74 Å². The Labute approximate surface area is 96.7 Å². The molecule has 0 aliphatic heterocycles. The second-order valence-corrected chi connectivity index (χ2v) is 4.79. The first-order chi connectivity index (χ1) is 7.29. The van der Waals surface area contributed by atoms with Gasteiger partial charge in [0.1, 0.15) is 0 Å². The predicted molar refractivity (Wildman–Crippen MR) is 66.6 cm³/mol. The first kappa shape index (κ1) is 12.7. The molecule has 0 radical (unpaired) electrons. The van der Waals surface area contributed by atoms with Crippen LogP contribution in [0.3, 0.4) is 0 Å². The molecule has 0 fully saturated rings. The van der Waals surface area contributed by atoms with E-state index in [0.717, 1.165) is 26.1 Å². The van der Waals surface area contributed by atoms with Gasteiger partial charge in [0.25, 0.3) is 0 Å². The van der Waals surface area contributed by atoms with E-state index in [4.69, 9.17) is 4.74 Å². The molecule has 1 heterocycles. The molecular weight excluding hydrogens is 206 g/mol. The minimum Gasteiger partial charge on any atom is -0.381 e. The van der Waals surface area contributed by atoms with Crippen molar-refractivity contribution in [2.75, 3.05) is 20.3 Å². The maximum absolute atomic E-state index is 5.52. The molecule has 0 amide bonds. The van der Waals surface area contributed by atoms with E-state index in [1.165, 1.54) is 10.4 Å². The third-order valence-electron chi connectivity index (χ3n) is 2.52. The Morgan fingerprint density at radius 3 is 2.80 bits per heavy atom. The SMILES string of the molecule is CCCOCCC(NC)c1ccsc1C. The smallest absolute Gasteiger partial charge is 0.0484 e. The molecule has 15 heavy (non-hydrogen) atoms. The van der Waals surface area contributed by atoms with Crippen LogP contribution in [0.5, 0.6) is 0 Å². The van der Waals surface area contributed by atoms with Gasteiger partial charge in [0.2, 0.25) is 0 Å². The van der Waals surface area contributed by atoms with Crippen LogP contribution in [0.1, 0.15) is 36.2 Å². The molecular formula is C12H21NOS. The average molecular weight is 227 g/mol. The van der Waals surface area contributed by atoms with E-state index < -0.39 is 0 Å². The van der Waals surface area contributed by atoms with Crippen LogP contribution in [0, 0.1) is 6.92 Å². The highest BCUT2D eigenvalue weighted by Crippen LogP contribution is 2.24. The van der Waals surface area contributed by atoms with Gasteiger partial charge in [-0.25, -0.2) is 0 Å². The lowest BCUT2D eigenvalue weighted by molar-refractivity contribution is 0.125. The second kappa shape index (κ2) is 6.99. The van der Waals surface area contributed by atoms with E-state index in [1.54, 1.807) is 0 Å². The molecule has 0 saturated carbocycles. The zero-order valence-electron chi connectivity index (χ0n) is 9.88. The number of aryl methyl sites for hydroxylation is 1. The van der Waals surface area contributed by atoms with Crippen LogP contribution >= 0.6 is 11.3 Å². The van der Waals surface area contributed by atoms with Crippen molar-refractivity contribution in [2.45, 2.75) is 32.7 Å². The summed E-state index contributed by atoms with van der Waals surface area (Å²) in [6.07, 6.45) is 2.15. The van der Waals surface area contributed by atoms with E-state index in [-0.39, 0.29) is 0 Å². The van der Waals surface area contributed by atoms with Crippen LogP contribution < -0.4 is 5.32 Å². The van der Waals surface area contributed by atoms with Crippen molar-refractivity contribution in [3.8, 4) is 0 Å². The molecule has 0 aromatic carbocycles. The summed E-state index contributed by atoms with van der Waals surface area (Å²) in [6.45, 7) is 6.03. The van der Waals surface area contributed by atoms with E-state index in [2.05, 4.69) is 30.6 Å². The van der Waals surface area contributed by atoms with Gasteiger partial charge in [-0.05, 0) is 43.8 Å². The molecule has 0 spiro atoms. The maximum atomic E-state index is 5.52. The summed E-state index contributed by atoms with van der Waals surface area (Å²) in [7, 11) is 2.02. The largest absolute Gasteiger partial charge is 0.381 e. The molecule has 1 aromatic rings. The summed E-state index contributed by atoms with van der Waals surface area (Å²) in [5, 5.41) is 5.50. The number of thiophene rings is 1. The summed E-state index contributed by atoms with van der Waals surface area (Å²) in [4.78, 5) is 1.41. The van der Waals surface area contributed by atoms with E-state index in [0.29, 0.717) is 6.04 Å². The van der Waals surface area contributed by atoms with Gasteiger partial charge in [0.05, 0.1) is 0 Å². The summed E-state index contributed by atoms with van der Waals surface area (Å²) in [6, 6.07) is 2.65. The Balaban J connectivity index is 2.39. The van der Waals surface area contributed by atoms with Gasteiger partial charge < -0.3 is 10.1 Å². The van der Waals surface area contributed by atoms with Crippen molar-refractivity contribution in [2.24, 2.45) is 0 Å². The molecule has 1 aromatic heterocycles. The van der Waals surface area contributed by atoms with Crippen molar-refractivity contribution in [3.63, 3.8) is 0 Å². The fourth-order valence-electron chi connectivity index (χ4n) is 1.66. The first-order valence-corrected chi connectivity index (χ1v) is 6.46. The minimum atomic E-state index is 0.438. The first-order valence-electron chi connectivity index (χ1n) is 5.58. The molecule has 0 bridgehead atoms. The fraction of sp³-hybridized carbons (Fsp3) is 0.667. The van der Waals surface area contributed by atoms with Crippen LogP contribution in [0.25, 0.3) is 0 Å². The fourth-order valence-corrected chi connectivity index (χ4v) is 2.42. The van der Waals surface area contributed by atoms with Gasteiger partial charge in [0, 0.05) is 24.1 Å². The molecule has 0 aliphatic rings. The van der Waals surface area contributed by atoms with E-state index in [1.807, 2.05) is 18.4 Å². The predicted octanol–water partition coefficient (Wildman–Crippen LogP) is 3.13. The van der Waals surface area contributed by atoms with Crippen molar-refractivity contribution in [1.29, 1.82) is 0 Å². The standard InChI is InChI=1S/C12H21NOS/c1-4-7-14-8-5-12(13-3)11-6-9-15-10(11)2/h6,9,12-13H,4-5,7-8H2,1-3H3. The zero-order valence-corrected chi connectivity index (χ0v) is 10.7. The van der Waals surface area contributed by atoms with Crippen molar-refractivity contribution in [1.82, 2.24) is 5.32 Å². The van der Waals surface area contributed by atoms with Gasteiger partial charge in [-0.3, -0.25) is 0 Å². The molecule has 3 heteroatoms. The lowest BCUT2D eigenvalue weighted by Gasteiger charge is -2.16. The molecule has 1 rings (SSSR count). The summed E-state index contributed by atoms with van der Waals surface area (Å²) in [5.74, 6) is 0. The highest BCUT2D eigenvalue weighted by atomic mass is 32.1. The summed E-state index contributed by atoms with van der Waals surface area (Å²) >= 11 is 1.81. The third kappa shape index (κ3) is 3.93. The summed E-state index contributed by atoms with van der Waals surface area (Å²) in [5.41, 5.74) is 1.42. The Bertz CT molecular complexity index is 272. The molecule has 1 N–H and O–H groups in total. The van der Waals surface area contributed by atoms with Crippen molar-refractivity contribution >= 4 is 11.3 Å². The number of rotatable bonds is 7. The molecule has 0 saturated heterocycles. The Hall–Kier alpha value is -0.380. The maximum Gasteiger partial charge on any atom is 0.0484 e. The van der Waals surface area contributed by atoms with Gasteiger partial charge >= 0.3 is 0 Å². The Morgan fingerprint density at radius 2 is 2.27 bits per heavy atom. The normalized spacial score (nSPS) is 13.0. The summed E-state index contributed by atoms with van der Waals surface area (Å²) < 4.78 is 5.52. The van der Waals surface area contributed by atoms with Crippen LogP contribution in [0.4, 0.5) is 0 Å².